The highest BCUT2D eigenvalue weighted by atomic mass is 19.1. The van der Waals surface area contributed by atoms with Crippen LogP contribution in [0.3, 0.4) is 0 Å². The lowest BCUT2D eigenvalue weighted by Gasteiger charge is -2.26. The molecule has 148 valence electrons. The van der Waals surface area contributed by atoms with Gasteiger partial charge in [0.25, 0.3) is 17.4 Å². The number of aromatic nitrogens is 1. The van der Waals surface area contributed by atoms with Crippen LogP contribution in [-0.4, -0.2) is 37.1 Å². The first-order valence-corrected chi connectivity index (χ1v) is 9.10. The number of aryl methyl sites for hydroxylation is 1. The number of benzene rings is 1. The summed E-state index contributed by atoms with van der Waals surface area (Å²) in [5, 5.41) is 5.43. The van der Waals surface area contributed by atoms with Gasteiger partial charge in [-0.3, -0.25) is 14.4 Å². The first-order chi connectivity index (χ1) is 13.5. The fourth-order valence-electron chi connectivity index (χ4n) is 3.30. The van der Waals surface area contributed by atoms with Gasteiger partial charge in [0.15, 0.2) is 0 Å². The van der Waals surface area contributed by atoms with Crippen LogP contribution in [0.1, 0.15) is 50.9 Å². The lowest BCUT2D eigenvalue weighted by molar-refractivity contribution is 0.0926. The van der Waals surface area contributed by atoms with E-state index in [1.54, 1.807) is 6.07 Å². The van der Waals surface area contributed by atoms with E-state index in [2.05, 4.69) is 15.6 Å². The molecule has 2 amide bonds. The molecule has 3 N–H and O–H groups in total. The number of carbonyl (C=O) groups is 2. The monoisotopic (exact) mass is 387 g/mol. The predicted octanol–water partition coefficient (Wildman–Crippen LogP) is 1.70. The number of H-pyrrole nitrogens is 1. The van der Waals surface area contributed by atoms with E-state index in [4.69, 9.17) is 4.74 Å². The molecule has 1 aliphatic carbocycles. The number of pyridine rings is 1. The highest BCUT2D eigenvalue weighted by molar-refractivity contribution is 5.95. The summed E-state index contributed by atoms with van der Waals surface area (Å²) in [4.78, 5) is 39.8. The fraction of sp³-hybridized carbons (Fsp3) is 0.350. The number of rotatable bonds is 6. The number of amides is 2. The molecule has 2 aromatic rings. The average Bonchev–Trinajstić information content (AvgIpc) is 2.68. The van der Waals surface area contributed by atoms with Gasteiger partial charge in [-0.05, 0) is 43.0 Å². The van der Waals surface area contributed by atoms with Crippen LogP contribution in [-0.2, 0) is 11.2 Å². The van der Waals surface area contributed by atoms with Gasteiger partial charge in [-0.1, -0.05) is 12.1 Å². The molecule has 7 nitrogen and oxygen atoms in total. The van der Waals surface area contributed by atoms with Crippen LogP contribution in [0.15, 0.2) is 35.1 Å². The second-order valence-corrected chi connectivity index (χ2v) is 6.59. The zero-order chi connectivity index (χ0) is 20.1. The Bertz CT molecular complexity index is 941. The van der Waals surface area contributed by atoms with Gasteiger partial charge in [0, 0.05) is 19.3 Å². The summed E-state index contributed by atoms with van der Waals surface area (Å²) in [6.45, 7) is 0.606. The molecule has 0 saturated heterocycles. The van der Waals surface area contributed by atoms with E-state index in [0.717, 1.165) is 6.42 Å². The summed E-state index contributed by atoms with van der Waals surface area (Å²) in [7, 11) is 1.51. The molecule has 0 spiro atoms. The summed E-state index contributed by atoms with van der Waals surface area (Å²) in [5.41, 5.74) is 0.809. The number of methoxy groups -OCH3 is 1. The molecule has 1 atom stereocenters. The Kier molecular flexibility index (Phi) is 6.20. The Morgan fingerprint density at radius 2 is 2.04 bits per heavy atom. The van der Waals surface area contributed by atoms with Crippen LogP contribution in [0.4, 0.5) is 4.39 Å². The van der Waals surface area contributed by atoms with Crippen molar-refractivity contribution in [1.82, 2.24) is 15.6 Å². The summed E-state index contributed by atoms with van der Waals surface area (Å²) in [5.74, 6) is -1.64. The molecule has 0 fully saturated rings. The summed E-state index contributed by atoms with van der Waals surface area (Å²) >= 11 is 0. The van der Waals surface area contributed by atoms with Gasteiger partial charge in [0.2, 0.25) is 0 Å². The molecule has 28 heavy (non-hydrogen) atoms. The van der Waals surface area contributed by atoms with Crippen molar-refractivity contribution in [1.29, 1.82) is 0 Å². The maximum absolute atomic E-state index is 13.9. The first-order valence-electron chi connectivity index (χ1n) is 9.10. The van der Waals surface area contributed by atoms with Gasteiger partial charge in [-0.2, -0.15) is 0 Å². The second-order valence-electron chi connectivity index (χ2n) is 6.59. The quantitative estimate of drug-likeness (QED) is 0.657. The average molecular weight is 387 g/mol. The smallest absolute Gasteiger partial charge is 0.261 e. The van der Waals surface area contributed by atoms with Crippen LogP contribution < -0.4 is 16.2 Å². The number of carbonyl (C=O) groups excluding carboxylic acids is 2. The van der Waals surface area contributed by atoms with Gasteiger partial charge in [0.05, 0.1) is 18.2 Å². The summed E-state index contributed by atoms with van der Waals surface area (Å²) in [6.07, 6.45) is 2.02. The van der Waals surface area contributed by atoms with Crippen LogP contribution >= 0.6 is 0 Å². The Balaban J connectivity index is 1.85. The minimum absolute atomic E-state index is 0.0260. The highest BCUT2D eigenvalue weighted by Crippen LogP contribution is 2.28. The standard InChI is InChI=1S/C20H22FN3O4/c1-28-10-9-22-18(25)14-11-13-16(7-4-8-17(13)24-20(14)27)23-19(26)12-5-2-3-6-15(12)21/h2-3,5-6,11,16H,4,7-10H2,1H3,(H,22,25)(H,23,26)(H,24,27). The Morgan fingerprint density at radius 3 is 2.79 bits per heavy atom. The van der Waals surface area contributed by atoms with E-state index in [1.165, 1.54) is 31.4 Å². The van der Waals surface area contributed by atoms with E-state index in [9.17, 15) is 18.8 Å². The minimum atomic E-state index is -0.601. The van der Waals surface area contributed by atoms with E-state index < -0.39 is 29.2 Å². The molecule has 0 saturated carbocycles. The van der Waals surface area contributed by atoms with Crippen LogP contribution in [0.2, 0.25) is 0 Å². The third-order valence-corrected chi connectivity index (χ3v) is 4.71. The number of fused-ring (bicyclic) bond motifs is 1. The normalized spacial score (nSPS) is 15.6. The maximum atomic E-state index is 13.9. The molecule has 1 aromatic heterocycles. The lowest BCUT2D eigenvalue weighted by atomic mass is 9.90. The Labute approximate surface area is 161 Å². The molecular weight excluding hydrogens is 365 g/mol. The topological polar surface area (TPSA) is 100 Å². The lowest BCUT2D eigenvalue weighted by Crippen LogP contribution is -2.36. The van der Waals surface area contributed by atoms with Gasteiger partial charge >= 0.3 is 0 Å². The molecule has 1 unspecified atom stereocenters. The summed E-state index contributed by atoms with van der Waals surface area (Å²) in [6, 6.07) is 6.84. The first kappa shape index (κ1) is 19.8. The zero-order valence-electron chi connectivity index (χ0n) is 15.5. The predicted molar refractivity (Wildman–Crippen MR) is 101 cm³/mol. The van der Waals surface area contributed by atoms with E-state index in [0.29, 0.717) is 30.7 Å². The number of nitrogens with one attached hydrogen (secondary N) is 3. The van der Waals surface area contributed by atoms with E-state index in [1.807, 2.05) is 0 Å². The molecule has 0 bridgehead atoms. The second kappa shape index (κ2) is 8.79. The van der Waals surface area contributed by atoms with Gasteiger partial charge < -0.3 is 20.4 Å². The molecule has 0 aliphatic heterocycles. The third-order valence-electron chi connectivity index (χ3n) is 4.71. The number of hydrogen-bond acceptors (Lipinski definition) is 4. The minimum Gasteiger partial charge on any atom is -0.383 e. The summed E-state index contributed by atoms with van der Waals surface area (Å²) < 4.78 is 18.8. The molecule has 8 heteroatoms. The zero-order valence-corrected chi connectivity index (χ0v) is 15.5. The number of halogens is 1. The largest absolute Gasteiger partial charge is 0.383 e. The molecule has 1 heterocycles. The fourth-order valence-corrected chi connectivity index (χ4v) is 3.30. The van der Waals surface area contributed by atoms with E-state index >= 15 is 0 Å². The van der Waals surface area contributed by atoms with Gasteiger partial charge in [0.1, 0.15) is 11.4 Å². The van der Waals surface area contributed by atoms with Crippen LogP contribution in [0.25, 0.3) is 0 Å². The van der Waals surface area contributed by atoms with Crippen molar-refractivity contribution in [3.05, 3.63) is 68.9 Å². The van der Waals surface area contributed by atoms with Crippen molar-refractivity contribution >= 4 is 11.8 Å². The number of hydrogen-bond donors (Lipinski definition) is 3. The molecule has 3 rings (SSSR count). The van der Waals surface area contributed by atoms with Crippen molar-refractivity contribution in [3.8, 4) is 0 Å². The van der Waals surface area contributed by atoms with Gasteiger partial charge in [-0.15, -0.1) is 0 Å². The van der Waals surface area contributed by atoms with Crippen molar-refractivity contribution in [2.75, 3.05) is 20.3 Å². The van der Waals surface area contributed by atoms with Crippen LogP contribution in [0.5, 0.6) is 0 Å². The van der Waals surface area contributed by atoms with Crippen LogP contribution in [0, 0.1) is 5.82 Å². The third kappa shape index (κ3) is 4.28. The molecule has 1 aliphatic rings. The van der Waals surface area contributed by atoms with Crippen molar-refractivity contribution in [3.63, 3.8) is 0 Å². The number of aromatic amines is 1. The maximum Gasteiger partial charge on any atom is 0.261 e. The number of ether oxygens (including phenoxy) is 1. The van der Waals surface area contributed by atoms with Crippen molar-refractivity contribution < 1.29 is 18.7 Å². The Morgan fingerprint density at radius 1 is 1.25 bits per heavy atom. The van der Waals surface area contributed by atoms with E-state index in [-0.39, 0.29) is 17.7 Å². The van der Waals surface area contributed by atoms with Gasteiger partial charge in [-0.25, -0.2) is 4.39 Å². The van der Waals surface area contributed by atoms with Crippen molar-refractivity contribution in [2.24, 2.45) is 0 Å². The molecular formula is C20H22FN3O4. The van der Waals surface area contributed by atoms with Crippen molar-refractivity contribution in [2.45, 2.75) is 25.3 Å². The Hall–Kier alpha value is -3.00. The molecule has 1 aromatic carbocycles. The SMILES string of the molecule is COCCNC(=O)c1cc2c([nH]c1=O)CCCC2NC(=O)c1ccccc1F. The molecule has 0 radical (unpaired) electrons. The highest BCUT2D eigenvalue weighted by Gasteiger charge is 2.26.